The lowest BCUT2D eigenvalue weighted by atomic mass is 9.82. The summed E-state index contributed by atoms with van der Waals surface area (Å²) >= 11 is 5.09. The van der Waals surface area contributed by atoms with E-state index in [0.717, 1.165) is 35.7 Å². The fraction of sp³-hybridized carbons (Fsp3) is 0.643. The second kappa shape index (κ2) is 5.85. The fourth-order valence-corrected chi connectivity index (χ4v) is 4.34. The van der Waals surface area contributed by atoms with Gasteiger partial charge in [0.25, 0.3) is 0 Å². The zero-order chi connectivity index (χ0) is 13.2. The van der Waals surface area contributed by atoms with Crippen LogP contribution in [0.25, 0.3) is 0 Å². The Morgan fingerprint density at radius 1 is 1.22 bits per heavy atom. The quantitative estimate of drug-likeness (QED) is 0.607. The lowest BCUT2D eigenvalue weighted by Crippen LogP contribution is -2.50. The van der Waals surface area contributed by atoms with Crippen molar-refractivity contribution in [1.29, 1.82) is 0 Å². The topological polar surface area (TPSA) is 20.3 Å². The van der Waals surface area contributed by atoms with E-state index in [1.165, 1.54) is 12.8 Å². The number of ketones is 1. The van der Waals surface area contributed by atoms with Crippen LogP contribution in [0.15, 0.2) is 15.2 Å². The van der Waals surface area contributed by atoms with Crippen LogP contribution in [0.2, 0.25) is 0 Å². The van der Waals surface area contributed by atoms with Gasteiger partial charge in [0.1, 0.15) is 0 Å². The van der Waals surface area contributed by atoms with Gasteiger partial charge in [0.2, 0.25) is 0 Å². The van der Waals surface area contributed by atoms with Gasteiger partial charge in [0.15, 0.2) is 5.78 Å². The van der Waals surface area contributed by atoms with Crippen LogP contribution in [0.5, 0.6) is 0 Å². The number of Topliss-reactive ketones (excluding diaryl/α,β-unsaturated/α-hetero) is 1. The van der Waals surface area contributed by atoms with Crippen molar-refractivity contribution in [3.63, 3.8) is 0 Å². The van der Waals surface area contributed by atoms with Crippen LogP contribution < -0.4 is 0 Å². The molecule has 0 unspecified atom stereocenters. The van der Waals surface area contributed by atoms with Gasteiger partial charge in [-0.3, -0.25) is 9.69 Å². The van der Waals surface area contributed by atoms with E-state index in [-0.39, 0.29) is 5.54 Å². The molecule has 1 saturated carbocycles. The van der Waals surface area contributed by atoms with Crippen molar-refractivity contribution in [3.8, 4) is 0 Å². The summed E-state index contributed by atoms with van der Waals surface area (Å²) in [5, 5.41) is 3.97. The summed E-state index contributed by atoms with van der Waals surface area (Å²) in [6, 6.07) is 0. The minimum atomic E-state index is -0.292. The van der Waals surface area contributed by atoms with Gasteiger partial charge in [-0.1, -0.05) is 25.7 Å². The van der Waals surface area contributed by atoms with Crippen LogP contribution in [-0.4, -0.2) is 30.3 Å². The van der Waals surface area contributed by atoms with E-state index in [0.29, 0.717) is 5.78 Å². The minimum Gasteiger partial charge on any atom is -0.297 e. The molecule has 0 amide bonds. The molecular formula is C14H20BrNOS. The summed E-state index contributed by atoms with van der Waals surface area (Å²) in [4.78, 5) is 15.1. The first-order valence-corrected chi connectivity index (χ1v) is 8.25. The SMILES string of the molecule is CN(C)C1(C(=O)c2cscc2Br)CCCCCC1. The van der Waals surface area contributed by atoms with Gasteiger partial charge < -0.3 is 0 Å². The van der Waals surface area contributed by atoms with Crippen molar-refractivity contribution >= 4 is 33.0 Å². The molecule has 1 aromatic heterocycles. The molecule has 0 bridgehead atoms. The van der Waals surface area contributed by atoms with Gasteiger partial charge in [0, 0.05) is 20.8 Å². The number of halogens is 1. The highest BCUT2D eigenvalue weighted by Crippen LogP contribution is 2.36. The molecule has 2 nitrogen and oxygen atoms in total. The second-order valence-corrected chi connectivity index (χ2v) is 6.90. The molecule has 0 atom stereocenters. The molecule has 0 saturated heterocycles. The molecule has 1 aliphatic rings. The number of hydrogen-bond donors (Lipinski definition) is 0. The summed E-state index contributed by atoms with van der Waals surface area (Å²) in [7, 11) is 4.09. The fourth-order valence-electron chi connectivity index (χ4n) is 2.89. The average Bonchev–Trinajstić information content (AvgIpc) is 2.63. The lowest BCUT2D eigenvalue weighted by molar-refractivity contribution is 0.0635. The standard InChI is InChI=1S/C14H20BrNOS/c1-16(2)14(7-5-3-4-6-8-14)13(17)11-9-18-10-12(11)15/h9-10H,3-8H2,1-2H3. The van der Waals surface area contributed by atoms with E-state index in [1.807, 2.05) is 24.9 Å². The molecule has 4 heteroatoms. The number of carbonyl (C=O) groups excluding carboxylic acids is 1. The maximum Gasteiger partial charge on any atom is 0.185 e. The van der Waals surface area contributed by atoms with Gasteiger partial charge >= 0.3 is 0 Å². The lowest BCUT2D eigenvalue weighted by Gasteiger charge is -2.38. The molecule has 2 rings (SSSR count). The molecule has 0 aliphatic heterocycles. The molecule has 0 N–H and O–H groups in total. The molecular weight excluding hydrogens is 310 g/mol. The maximum atomic E-state index is 12.9. The van der Waals surface area contributed by atoms with Crippen molar-refractivity contribution in [2.24, 2.45) is 0 Å². The molecule has 1 fully saturated rings. The zero-order valence-corrected chi connectivity index (χ0v) is 13.4. The van der Waals surface area contributed by atoms with E-state index in [9.17, 15) is 4.79 Å². The first-order chi connectivity index (χ1) is 8.58. The first kappa shape index (κ1) is 14.2. The molecule has 1 aliphatic carbocycles. The van der Waals surface area contributed by atoms with Crippen LogP contribution >= 0.6 is 27.3 Å². The largest absolute Gasteiger partial charge is 0.297 e. The van der Waals surface area contributed by atoms with Gasteiger partial charge in [0.05, 0.1) is 5.54 Å². The van der Waals surface area contributed by atoms with Gasteiger partial charge in [-0.05, 0) is 42.9 Å². The average molecular weight is 330 g/mol. The van der Waals surface area contributed by atoms with E-state index in [4.69, 9.17) is 0 Å². The van der Waals surface area contributed by atoms with Crippen LogP contribution in [0.1, 0.15) is 48.9 Å². The minimum absolute atomic E-state index is 0.292. The van der Waals surface area contributed by atoms with E-state index in [1.54, 1.807) is 11.3 Å². The molecule has 0 radical (unpaired) electrons. The predicted octanol–water partition coefficient (Wildman–Crippen LogP) is 4.35. The predicted molar refractivity (Wildman–Crippen MR) is 80.5 cm³/mol. The van der Waals surface area contributed by atoms with Crippen molar-refractivity contribution < 1.29 is 4.79 Å². The van der Waals surface area contributed by atoms with Crippen LogP contribution in [0, 0.1) is 0 Å². The smallest absolute Gasteiger partial charge is 0.185 e. The highest BCUT2D eigenvalue weighted by molar-refractivity contribution is 9.10. The Morgan fingerprint density at radius 2 is 1.83 bits per heavy atom. The zero-order valence-electron chi connectivity index (χ0n) is 11.0. The normalized spacial score (nSPS) is 19.8. The molecule has 0 aromatic carbocycles. The summed E-state index contributed by atoms with van der Waals surface area (Å²) in [5.41, 5.74) is 0.565. The Bertz CT molecular complexity index is 419. The maximum absolute atomic E-state index is 12.9. The summed E-state index contributed by atoms with van der Waals surface area (Å²) < 4.78 is 0.947. The second-order valence-electron chi connectivity index (χ2n) is 5.30. The van der Waals surface area contributed by atoms with Crippen LogP contribution in [0.3, 0.4) is 0 Å². The Kier molecular flexibility index (Phi) is 4.62. The number of thiophene rings is 1. The van der Waals surface area contributed by atoms with Crippen molar-refractivity contribution in [2.75, 3.05) is 14.1 Å². The Labute approximate surface area is 122 Å². The molecule has 100 valence electrons. The van der Waals surface area contributed by atoms with Gasteiger partial charge in [-0.25, -0.2) is 0 Å². The summed E-state index contributed by atoms with van der Waals surface area (Å²) in [5.74, 6) is 0.294. The summed E-state index contributed by atoms with van der Waals surface area (Å²) in [6.07, 6.45) is 6.81. The van der Waals surface area contributed by atoms with E-state index >= 15 is 0 Å². The highest BCUT2D eigenvalue weighted by Gasteiger charge is 2.41. The van der Waals surface area contributed by atoms with Crippen LogP contribution in [-0.2, 0) is 0 Å². The van der Waals surface area contributed by atoms with Gasteiger partial charge in [-0.15, -0.1) is 0 Å². The van der Waals surface area contributed by atoms with Crippen LogP contribution in [0.4, 0.5) is 0 Å². The number of likely N-dealkylation sites (N-methyl/N-ethyl adjacent to an activating group) is 1. The van der Waals surface area contributed by atoms with Crippen molar-refractivity contribution in [3.05, 3.63) is 20.8 Å². The Hall–Kier alpha value is -0.190. The molecule has 18 heavy (non-hydrogen) atoms. The number of hydrogen-bond acceptors (Lipinski definition) is 3. The monoisotopic (exact) mass is 329 g/mol. The first-order valence-electron chi connectivity index (χ1n) is 6.52. The third kappa shape index (κ3) is 2.56. The van der Waals surface area contributed by atoms with E-state index in [2.05, 4.69) is 20.8 Å². The third-order valence-electron chi connectivity index (χ3n) is 4.07. The summed E-state index contributed by atoms with van der Waals surface area (Å²) in [6.45, 7) is 0. The number of rotatable bonds is 3. The highest BCUT2D eigenvalue weighted by atomic mass is 79.9. The van der Waals surface area contributed by atoms with Gasteiger partial charge in [-0.2, -0.15) is 11.3 Å². The number of carbonyl (C=O) groups is 1. The molecule has 1 aromatic rings. The van der Waals surface area contributed by atoms with Crippen molar-refractivity contribution in [1.82, 2.24) is 4.90 Å². The Morgan fingerprint density at radius 3 is 2.28 bits per heavy atom. The molecule has 0 spiro atoms. The van der Waals surface area contributed by atoms with Crippen molar-refractivity contribution in [2.45, 2.75) is 44.1 Å². The number of nitrogens with zero attached hydrogens (tertiary/aromatic N) is 1. The molecule has 1 heterocycles. The van der Waals surface area contributed by atoms with E-state index < -0.39 is 0 Å². The Balaban J connectivity index is 2.35. The third-order valence-corrected chi connectivity index (χ3v) is 5.77.